The maximum Gasteiger partial charge on any atom is 0.253 e. The third-order valence-corrected chi connectivity index (χ3v) is 5.75. The van der Waals surface area contributed by atoms with Gasteiger partial charge in [-0.05, 0) is 31.0 Å². The summed E-state index contributed by atoms with van der Waals surface area (Å²) in [5.74, 6) is 0.272. The number of benzene rings is 1. The number of nitrogens with one attached hydrogen (secondary N) is 1. The SMILES string of the molecule is CC(=O)NCCc1csc([C@@H]2CCCN(C(=O)c3cccc(Cl)c3)C2)n1. The number of nitrogens with zero attached hydrogens (tertiary/aromatic N) is 2. The highest BCUT2D eigenvalue weighted by molar-refractivity contribution is 7.09. The van der Waals surface area contributed by atoms with E-state index in [2.05, 4.69) is 10.7 Å². The molecule has 0 spiro atoms. The summed E-state index contributed by atoms with van der Waals surface area (Å²) in [4.78, 5) is 30.3. The highest BCUT2D eigenvalue weighted by Gasteiger charge is 2.27. The number of likely N-dealkylation sites (tertiary alicyclic amines) is 1. The molecular formula is C19H22ClN3O2S. The first-order chi connectivity index (χ1) is 12.5. The predicted molar refractivity (Wildman–Crippen MR) is 104 cm³/mol. The molecule has 1 aromatic heterocycles. The van der Waals surface area contributed by atoms with Crippen molar-refractivity contribution in [3.8, 4) is 0 Å². The molecule has 1 aliphatic heterocycles. The van der Waals surface area contributed by atoms with E-state index in [4.69, 9.17) is 16.6 Å². The van der Waals surface area contributed by atoms with Gasteiger partial charge in [0.25, 0.3) is 5.91 Å². The lowest BCUT2D eigenvalue weighted by Crippen LogP contribution is -2.39. The second kappa shape index (κ2) is 8.64. The Kier molecular flexibility index (Phi) is 6.27. The van der Waals surface area contributed by atoms with Gasteiger partial charge in [-0.15, -0.1) is 11.3 Å². The van der Waals surface area contributed by atoms with Crippen LogP contribution in [0, 0.1) is 0 Å². The third-order valence-electron chi connectivity index (χ3n) is 4.45. The van der Waals surface area contributed by atoms with Gasteiger partial charge in [-0.3, -0.25) is 9.59 Å². The van der Waals surface area contributed by atoms with E-state index in [9.17, 15) is 9.59 Å². The maximum absolute atomic E-state index is 12.7. The van der Waals surface area contributed by atoms with Gasteiger partial charge in [0.15, 0.2) is 0 Å². The summed E-state index contributed by atoms with van der Waals surface area (Å²) in [6, 6.07) is 7.10. The molecule has 1 N–H and O–H groups in total. The molecule has 138 valence electrons. The van der Waals surface area contributed by atoms with Crippen molar-refractivity contribution in [1.82, 2.24) is 15.2 Å². The van der Waals surface area contributed by atoms with Crippen LogP contribution in [0.2, 0.25) is 5.02 Å². The Morgan fingerprint density at radius 1 is 1.42 bits per heavy atom. The molecule has 0 aliphatic carbocycles. The van der Waals surface area contributed by atoms with Gasteiger partial charge in [-0.25, -0.2) is 4.98 Å². The van der Waals surface area contributed by atoms with Crippen LogP contribution in [-0.4, -0.2) is 41.3 Å². The van der Waals surface area contributed by atoms with Crippen LogP contribution in [0.15, 0.2) is 29.6 Å². The van der Waals surface area contributed by atoms with E-state index in [1.807, 2.05) is 4.90 Å². The maximum atomic E-state index is 12.7. The third kappa shape index (κ3) is 4.83. The number of hydrogen-bond donors (Lipinski definition) is 1. The molecular weight excluding hydrogens is 370 g/mol. The first-order valence-electron chi connectivity index (χ1n) is 8.76. The van der Waals surface area contributed by atoms with Gasteiger partial charge in [0.1, 0.15) is 0 Å². The first-order valence-corrected chi connectivity index (χ1v) is 10.0. The van der Waals surface area contributed by atoms with Gasteiger partial charge in [-0.2, -0.15) is 0 Å². The minimum atomic E-state index is -0.0251. The lowest BCUT2D eigenvalue weighted by atomic mass is 9.98. The Balaban J connectivity index is 1.62. The van der Waals surface area contributed by atoms with E-state index < -0.39 is 0 Å². The first kappa shape index (κ1) is 18.9. The number of thiazole rings is 1. The highest BCUT2D eigenvalue weighted by atomic mass is 35.5. The van der Waals surface area contributed by atoms with Crippen molar-refractivity contribution in [2.75, 3.05) is 19.6 Å². The summed E-state index contributed by atoms with van der Waals surface area (Å²) in [6.07, 6.45) is 2.74. The van der Waals surface area contributed by atoms with Crippen molar-refractivity contribution in [3.05, 3.63) is 50.9 Å². The van der Waals surface area contributed by atoms with Crippen LogP contribution in [0.3, 0.4) is 0 Å². The average molecular weight is 392 g/mol. The van der Waals surface area contributed by atoms with Crippen LogP contribution in [0.25, 0.3) is 0 Å². The zero-order chi connectivity index (χ0) is 18.5. The molecule has 1 atom stereocenters. The number of piperidine rings is 1. The van der Waals surface area contributed by atoms with E-state index in [0.29, 0.717) is 23.7 Å². The zero-order valence-corrected chi connectivity index (χ0v) is 16.3. The quantitative estimate of drug-likeness (QED) is 0.848. The molecule has 1 aromatic carbocycles. The Bertz CT molecular complexity index is 793. The van der Waals surface area contributed by atoms with Gasteiger partial charge in [0, 0.05) is 54.9 Å². The molecule has 0 radical (unpaired) electrons. The molecule has 0 saturated carbocycles. The number of halogens is 1. The summed E-state index contributed by atoms with van der Waals surface area (Å²) >= 11 is 7.66. The smallest absolute Gasteiger partial charge is 0.253 e. The molecule has 0 bridgehead atoms. The average Bonchev–Trinajstić information content (AvgIpc) is 3.10. The van der Waals surface area contributed by atoms with Crippen LogP contribution in [0.1, 0.15) is 46.7 Å². The summed E-state index contributed by atoms with van der Waals surface area (Å²) in [6.45, 7) is 3.56. The topological polar surface area (TPSA) is 62.3 Å². The molecule has 1 saturated heterocycles. The molecule has 7 heteroatoms. The zero-order valence-electron chi connectivity index (χ0n) is 14.7. The van der Waals surface area contributed by atoms with Crippen LogP contribution in [-0.2, 0) is 11.2 Å². The number of amides is 2. The molecule has 2 aromatic rings. The molecule has 2 amide bonds. The highest BCUT2D eigenvalue weighted by Crippen LogP contribution is 2.30. The van der Waals surface area contributed by atoms with Crippen LogP contribution in [0.5, 0.6) is 0 Å². The number of rotatable bonds is 5. The lowest BCUT2D eigenvalue weighted by molar-refractivity contribution is -0.118. The van der Waals surface area contributed by atoms with Crippen molar-refractivity contribution >= 4 is 34.8 Å². The van der Waals surface area contributed by atoms with Crippen LogP contribution < -0.4 is 5.32 Å². The summed E-state index contributed by atoms with van der Waals surface area (Å²) < 4.78 is 0. The van der Waals surface area contributed by atoms with E-state index in [1.54, 1.807) is 35.6 Å². The Labute approximate surface area is 162 Å². The summed E-state index contributed by atoms with van der Waals surface area (Å²) in [7, 11) is 0. The molecule has 1 fully saturated rings. The normalized spacial score (nSPS) is 17.2. The van der Waals surface area contributed by atoms with Crippen molar-refractivity contribution in [2.24, 2.45) is 0 Å². The van der Waals surface area contributed by atoms with Gasteiger partial charge in [-0.1, -0.05) is 17.7 Å². The van der Waals surface area contributed by atoms with Gasteiger partial charge >= 0.3 is 0 Å². The van der Waals surface area contributed by atoms with E-state index in [1.165, 1.54) is 6.92 Å². The second-order valence-corrected chi connectivity index (χ2v) is 7.84. The number of aromatic nitrogens is 1. The summed E-state index contributed by atoms with van der Waals surface area (Å²) in [5, 5.41) is 6.49. The fourth-order valence-corrected chi connectivity index (χ4v) is 4.33. The standard InChI is InChI=1S/C19H22ClN3O2S/c1-13(24)21-8-7-17-12-26-18(22-17)15-5-3-9-23(11-15)19(25)14-4-2-6-16(20)10-14/h2,4,6,10,12,15H,3,5,7-9,11H2,1H3,(H,21,24)/t15-/m1/s1. The molecule has 0 unspecified atom stereocenters. The van der Waals surface area contributed by atoms with E-state index in [-0.39, 0.29) is 17.7 Å². The lowest BCUT2D eigenvalue weighted by Gasteiger charge is -2.32. The molecule has 26 heavy (non-hydrogen) atoms. The number of carbonyl (C=O) groups excluding carboxylic acids is 2. The van der Waals surface area contributed by atoms with Crippen molar-refractivity contribution in [3.63, 3.8) is 0 Å². The van der Waals surface area contributed by atoms with Gasteiger partial charge in [0.05, 0.1) is 10.7 Å². The monoisotopic (exact) mass is 391 g/mol. The second-order valence-electron chi connectivity index (χ2n) is 6.51. The fourth-order valence-electron chi connectivity index (χ4n) is 3.16. The predicted octanol–water partition coefficient (Wildman–Crippen LogP) is 3.49. The fraction of sp³-hybridized carbons (Fsp3) is 0.421. The molecule has 3 rings (SSSR count). The largest absolute Gasteiger partial charge is 0.356 e. The minimum Gasteiger partial charge on any atom is -0.356 e. The number of hydrogen-bond acceptors (Lipinski definition) is 4. The van der Waals surface area contributed by atoms with Crippen molar-refractivity contribution in [1.29, 1.82) is 0 Å². The van der Waals surface area contributed by atoms with E-state index in [0.717, 1.165) is 36.5 Å². The summed E-state index contributed by atoms with van der Waals surface area (Å²) in [5.41, 5.74) is 1.63. The van der Waals surface area contributed by atoms with Crippen molar-refractivity contribution in [2.45, 2.75) is 32.1 Å². The minimum absolute atomic E-state index is 0.0251. The Morgan fingerprint density at radius 2 is 2.27 bits per heavy atom. The Morgan fingerprint density at radius 3 is 3.04 bits per heavy atom. The molecule has 5 nitrogen and oxygen atoms in total. The van der Waals surface area contributed by atoms with E-state index >= 15 is 0 Å². The van der Waals surface area contributed by atoms with Crippen LogP contribution >= 0.6 is 22.9 Å². The van der Waals surface area contributed by atoms with Gasteiger partial charge < -0.3 is 10.2 Å². The molecule has 2 heterocycles. The Hall–Kier alpha value is -1.92. The van der Waals surface area contributed by atoms with Gasteiger partial charge in [0.2, 0.25) is 5.91 Å². The van der Waals surface area contributed by atoms with Crippen LogP contribution in [0.4, 0.5) is 0 Å². The molecule has 1 aliphatic rings. The number of carbonyl (C=O) groups is 2. The van der Waals surface area contributed by atoms with Crippen molar-refractivity contribution < 1.29 is 9.59 Å².